The summed E-state index contributed by atoms with van der Waals surface area (Å²) in [6, 6.07) is 8.67. The number of benzene rings is 1. The average molecular weight is 467 g/mol. The highest BCUT2D eigenvalue weighted by Crippen LogP contribution is 2.51. The largest absolute Gasteiger partial charge is 0.362 e. The average Bonchev–Trinajstić information content (AvgIpc) is 3.30. The van der Waals surface area contributed by atoms with Crippen molar-refractivity contribution in [1.29, 1.82) is 0 Å². The van der Waals surface area contributed by atoms with Gasteiger partial charge >= 0.3 is 0 Å². The van der Waals surface area contributed by atoms with Crippen molar-refractivity contribution in [2.75, 3.05) is 0 Å². The summed E-state index contributed by atoms with van der Waals surface area (Å²) < 4.78 is 0. The molecule has 2 N–H and O–H groups in total. The van der Waals surface area contributed by atoms with Crippen molar-refractivity contribution >= 4 is 23.5 Å². The van der Waals surface area contributed by atoms with Crippen molar-refractivity contribution in [2.45, 2.75) is 70.5 Å². The number of carbonyl (C=O) groups is 1. The molecule has 178 valence electrons. The molecule has 5 heterocycles. The van der Waals surface area contributed by atoms with Gasteiger partial charge in [-0.2, -0.15) is 10.2 Å². The first-order valence-corrected chi connectivity index (χ1v) is 12.4. The van der Waals surface area contributed by atoms with E-state index in [2.05, 4.69) is 82.0 Å². The first-order chi connectivity index (χ1) is 16.8. The molecule has 6 rings (SSSR count). The van der Waals surface area contributed by atoms with E-state index < -0.39 is 5.41 Å². The van der Waals surface area contributed by atoms with E-state index in [9.17, 15) is 4.79 Å². The van der Waals surface area contributed by atoms with Crippen LogP contribution in [0, 0.1) is 0 Å². The first kappa shape index (κ1) is 21.9. The highest BCUT2D eigenvalue weighted by atomic mass is 16.2. The van der Waals surface area contributed by atoms with Crippen LogP contribution >= 0.6 is 0 Å². The van der Waals surface area contributed by atoms with E-state index in [1.54, 1.807) is 0 Å². The molecule has 1 aromatic rings. The van der Waals surface area contributed by atoms with Gasteiger partial charge in [0.05, 0.1) is 17.2 Å². The molecule has 1 unspecified atom stereocenters. The zero-order chi connectivity index (χ0) is 24.4. The third kappa shape index (κ3) is 3.28. The maximum atomic E-state index is 13.6. The molecule has 0 aliphatic carbocycles. The number of allylic oxidation sites excluding steroid dienone is 3. The lowest BCUT2D eigenvalue weighted by Gasteiger charge is -2.48. The Balaban J connectivity index is 1.53. The Morgan fingerprint density at radius 3 is 2.86 bits per heavy atom. The molecule has 1 aromatic carbocycles. The SMILES string of the molecule is CC[C@]1(c2cccc(C3=C4CC=C(C)N=C4N=CC3)c2)C2=CN=NC2NC2=C1C(=O)NC(C)(C)C2. The lowest BCUT2D eigenvalue weighted by molar-refractivity contribution is -0.120. The van der Waals surface area contributed by atoms with Crippen molar-refractivity contribution in [3.63, 3.8) is 0 Å². The first-order valence-electron chi connectivity index (χ1n) is 12.4. The minimum atomic E-state index is -0.598. The van der Waals surface area contributed by atoms with E-state index in [1.807, 2.05) is 19.3 Å². The number of rotatable bonds is 3. The molecule has 5 aliphatic heterocycles. The van der Waals surface area contributed by atoms with Gasteiger partial charge in [-0.05, 0) is 50.3 Å². The Morgan fingerprint density at radius 1 is 1.17 bits per heavy atom. The predicted octanol–water partition coefficient (Wildman–Crippen LogP) is 5.10. The van der Waals surface area contributed by atoms with E-state index in [-0.39, 0.29) is 17.6 Å². The number of dihydropyridines is 1. The monoisotopic (exact) mass is 466 g/mol. The molecule has 2 atom stereocenters. The Bertz CT molecular complexity index is 1370. The highest BCUT2D eigenvalue weighted by Gasteiger charge is 2.53. The number of aliphatic imine (C=N–C) groups is 2. The fourth-order valence-electron chi connectivity index (χ4n) is 6.20. The summed E-state index contributed by atoms with van der Waals surface area (Å²) in [4.78, 5) is 22.9. The molecule has 0 fully saturated rings. The van der Waals surface area contributed by atoms with Crippen LogP contribution in [0.25, 0.3) is 5.57 Å². The molecule has 7 heteroatoms. The third-order valence-corrected chi connectivity index (χ3v) is 7.76. The fourth-order valence-corrected chi connectivity index (χ4v) is 6.20. The van der Waals surface area contributed by atoms with Crippen molar-refractivity contribution in [3.8, 4) is 0 Å². The van der Waals surface area contributed by atoms with Crippen LogP contribution in [0.3, 0.4) is 0 Å². The van der Waals surface area contributed by atoms with Gasteiger partial charge in [-0.25, -0.2) is 9.98 Å². The maximum Gasteiger partial charge on any atom is 0.250 e. The van der Waals surface area contributed by atoms with Crippen LogP contribution in [0.1, 0.15) is 64.5 Å². The topological polar surface area (TPSA) is 90.6 Å². The number of amides is 1. The number of nitrogens with zero attached hydrogens (tertiary/aromatic N) is 4. The van der Waals surface area contributed by atoms with Crippen LogP contribution in [0.15, 0.2) is 84.9 Å². The lowest BCUT2D eigenvalue weighted by atomic mass is 9.62. The second-order valence-corrected chi connectivity index (χ2v) is 10.5. The lowest BCUT2D eigenvalue weighted by Crippen LogP contribution is -2.58. The Labute approximate surface area is 205 Å². The number of hydrogen-bond acceptors (Lipinski definition) is 6. The molecule has 0 saturated carbocycles. The van der Waals surface area contributed by atoms with Gasteiger partial charge in [-0.1, -0.05) is 37.3 Å². The number of nitrogens with one attached hydrogen (secondary N) is 2. The zero-order valence-electron chi connectivity index (χ0n) is 20.6. The summed E-state index contributed by atoms with van der Waals surface area (Å²) in [7, 11) is 0. The van der Waals surface area contributed by atoms with E-state index in [4.69, 9.17) is 0 Å². The zero-order valence-corrected chi connectivity index (χ0v) is 20.6. The predicted molar refractivity (Wildman–Crippen MR) is 138 cm³/mol. The normalized spacial score (nSPS) is 28.4. The minimum Gasteiger partial charge on any atom is -0.362 e. The van der Waals surface area contributed by atoms with Gasteiger partial charge in [0.15, 0.2) is 12.0 Å². The van der Waals surface area contributed by atoms with Crippen molar-refractivity contribution < 1.29 is 4.79 Å². The van der Waals surface area contributed by atoms with Crippen molar-refractivity contribution in [3.05, 3.63) is 75.8 Å². The van der Waals surface area contributed by atoms with E-state index in [1.165, 1.54) is 11.1 Å². The van der Waals surface area contributed by atoms with Crippen LogP contribution < -0.4 is 10.6 Å². The molecule has 0 saturated heterocycles. The Morgan fingerprint density at radius 2 is 2.03 bits per heavy atom. The second kappa shape index (κ2) is 7.70. The Hall–Kier alpha value is -3.61. The van der Waals surface area contributed by atoms with Gasteiger partial charge in [0.25, 0.3) is 5.91 Å². The van der Waals surface area contributed by atoms with Gasteiger partial charge in [0.2, 0.25) is 0 Å². The summed E-state index contributed by atoms with van der Waals surface area (Å²) in [6.45, 7) is 8.29. The van der Waals surface area contributed by atoms with Gasteiger partial charge in [0.1, 0.15) is 0 Å². The number of azo groups is 1. The summed E-state index contributed by atoms with van der Waals surface area (Å²) in [5.74, 6) is 0.801. The molecule has 0 spiro atoms. The van der Waals surface area contributed by atoms with Gasteiger partial charge in [-0.15, -0.1) is 0 Å². The van der Waals surface area contributed by atoms with Crippen LogP contribution in [-0.4, -0.2) is 29.7 Å². The number of amidine groups is 1. The summed E-state index contributed by atoms with van der Waals surface area (Å²) in [5.41, 5.74) is 7.58. The molecule has 1 amide bonds. The van der Waals surface area contributed by atoms with Crippen molar-refractivity contribution in [1.82, 2.24) is 10.6 Å². The second-order valence-electron chi connectivity index (χ2n) is 10.5. The molecule has 0 radical (unpaired) electrons. The van der Waals surface area contributed by atoms with E-state index in [0.29, 0.717) is 0 Å². The Kier molecular flexibility index (Phi) is 4.82. The maximum absolute atomic E-state index is 13.6. The molecule has 0 bridgehead atoms. The van der Waals surface area contributed by atoms with Crippen LogP contribution in [0.2, 0.25) is 0 Å². The number of fused-ring (bicyclic) bond motifs is 2. The minimum absolute atomic E-state index is 0.0172. The quantitative estimate of drug-likeness (QED) is 0.649. The van der Waals surface area contributed by atoms with Crippen molar-refractivity contribution in [2.24, 2.45) is 20.2 Å². The van der Waals surface area contributed by atoms with E-state index >= 15 is 0 Å². The smallest absolute Gasteiger partial charge is 0.250 e. The van der Waals surface area contributed by atoms with Gasteiger partial charge in [-0.3, -0.25) is 4.79 Å². The summed E-state index contributed by atoms with van der Waals surface area (Å²) >= 11 is 0. The summed E-state index contributed by atoms with van der Waals surface area (Å²) in [6.07, 6.45) is 8.78. The number of hydrogen-bond donors (Lipinski definition) is 2. The highest BCUT2D eigenvalue weighted by molar-refractivity contribution is 6.13. The van der Waals surface area contributed by atoms with Gasteiger partial charge in [0, 0.05) is 47.1 Å². The molecular weight excluding hydrogens is 436 g/mol. The third-order valence-electron chi connectivity index (χ3n) is 7.76. The molecule has 7 nitrogen and oxygen atoms in total. The standard InChI is InChI=1S/C28H30N6O/c1-5-28(21-15-30-34-25(21)32-22-14-27(3,4)33-26(35)23(22)28)18-8-6-7-17(13-18)19-11-12-29-24-20(19)10-9-16(2)31-24/h6-9,12-13,15,25,32H,5,10-11,14H2,1-4H3,(H,33,35)/t25?,28-/m0/s1. The molecular formula is C28H30N6O. The van der Waals surface area contributed by atoms with Crippen LogP contribution in [0.5, 0.6) is 0 Å². The summed E-state index contributed by atoms with van der Waals surface area (Å²) in [5, 5.41) is 15.5. The molecule has 0 aromatic heterocycles. The van der Waals surface area contributed by atoms with Crippen LogP contribution in [-0.2, 0) is 10.2 Å². The molecule has 5 aliphatic rings. The number of carbonyl (C=O) groups excluding carboxylic acids is 1. The fraction of sp³-hybridized carbons (Fsp3) is 0.393. The van der Waals surface area contributed by atoms with Gasteiger partial charge < -0.3 is 10.6 Å². The molecule has 35 heavy (non-hydrogen) atoms. The van der Waals surface area contributed by atoms with E-state index in [0.717, 1.165) is 65.2 Å². The van der Waals surface area contributed by atoms with Crippen LogP contribution in [0.4, 0.5) is 0 Å².